The molecule has 21 heavy (non-hydrogen) atoms. The van der Waals surface area contributed by atoms with Crippen molar-refractivity contribution in [1.82, 2.24) is 10.2 Å². The fraction of sp³-hybridized carbons (Fsp3) is 0.357. The molecular weight excluding hydrogens is 292 g/mol. The van der Waals surface area contributed by atoms with Crippen LogP contribution in [-0.4, -0.2) is 47.4 Å². The Hall–Kier alpha value is -2.15. The van der Waals surface area contributed by atoms with Gasteiger partial charge in [0.1, 0.15) is 6.04 Å². The van der Waals surface area contributed by atoms with E-state index in [-0.39, 0.29) is 11.8 Å². The zero-order chi connectivity index (χ0) is 15.4. The lowest BCUT2D eigenvalue weighted by Crippen LogP contribution is -2.44. The Kier molecular flexibility index (Phi) is 4.74. The number of aliphatic carboxylic acids is 1. The van der Waals surface area contributed by atoms with Crippen LogP contribution in [0.3, 0.4) is 0 Å². The van der Waals surface area contributed by atoms with Crippen molar-refractivity contribution in [3.05, 3.63) is 28.0 Å². The maximum Gasteiger partial charge on any atom is 0.328 e. The smallest absolute Gasteiger partial charge is 0.328 e. The van der Waals surface area contributed by atoms with Crippen molar-refractivity contribution in [2.24, 2.45) is 0 Å². The first-order valence-electron chi connectivity index (χ1n) is 6.56. The van der Waals surface area contributed by atoms with E-state index in [1.165, 1.54) is 17.4 Å². The van der Waals surface area contributed by atoms with Crippen LogP contribution in [0.5, 0.6) is 0 Å². The lowest BCUT2D eigenvalue weighted by atomic mass is 10.2. The van der Waals surface area contributed by atoms with Crippen LogP contribution in [0.15, 0.2) is 18.2 Å². The van der Waals surface area contributed by atoms with Crippen molar-refractivity contribution in [3.8, 4) is 0 Å². The molecular formula is C14H16N2O4S. The van der Waals surface area contributed by atoms with E-state index in [0.29, 0.717) is 22.7 Å². The minimum atomic E-state index is -1.03. The van der Waals surface area contributed by atoms with Crippen LogP contribution in [0, 0.1) is 0 Å². The van der Waals surface area contributed by atoms with Gasteiger partial charge >= 0.3 is 5.97 Å². The normalized spacial score (nSPS) is 18.1. The molecule has 2 N–H and O–H groups in total. The standard InChI is InChI=1S/C14H16N2O4S/c1-15-13(19)10-3-2-8-16(10)14(20)11-6-4-9(21-11)5-7-12(17)18/h4-7,10H,2-3,8H2,1H3,(H,15,19)(H,17,18). The molecule has 1 aliphatic rings. The highest BCUT2D eigenvalue weighted by molar-refractivity contribution is 7.14. The third-order valence-corrected chi connectivity index (χ3v) is 4.33. The summed E-state index contributed by atoms with van der Waals surface area (Å²) in [5, 5.41) is 11.2. The van der Waals surface area contributed by atoms with Gasteiger partial charge in [0.15, 0.2) is 0 Å². The Morgan fingerprint density at radius 1 is 1.43 bits per heavy atom. The van der Waals surface area contributed by atoms with Crippen LogP contribution in [0.25, 0.3) is 6.08 Å². The number of hydrogen-bond donors (Lipinski definition) is 2. The second kappa shape index (κ2) is 6.53. The lowest BCUT2D eigenvalue weighted by Gasteiger charge is -2.22. The van der Waals surface area contributed by atoms with Gasteiger partial charge in [-0.3, -0.25) is 9.59 Å². The molecule has 2 rings (SSSR count). The second-order valence-electron chi connectivity index (χ2n) is 4.64. The summed E-state index contributed by atoms with van der Waals surface area (Å²) in [6.07, 6.45) is 3.96. The van der Waals surface area contributed by atoms with E-state index >= 15 is 0 Å². The quantitative estimate of drug-likeness (QED) is 0.818. The topological polar surface area (TPSA) is 86.7 Å². The van der Waals surface area contributed by atoms with E-state index in [9.17, 15) is 14.4 Å². The molecule has 1 aliphatic heterocycles. The monoisotopic (exact) mass is 308 g/mol. The number of carboxylic acids is 1. The van der Waals surface area contributed by atoms with Gasteiger partial charge in [-0.1, -0.05) is 0 Å². The molecule has 0 spiro atoms. The van der Waals surface area contributed by atoms with Gasteiger partial charge in [0.05, 0.1) is 4.88 Å². The average molecular weight is 308 g/mol. The van der Waals surface area contributed by atoms with Crippen molar-refractivity contribution in [2.45, 2.75) is 18.9 Å². The van der Waals surface area contributed by atoms with Crippen LogP contribution in [0.1, 0.15) is 27.4 Å². The molecule has 7 heteroatoms. The molecule has 1 unspecified atom stereocenters. The summed E-state index contributed by atoms with van der Waals surface area (Å²) in [5.74, 6) is -1.36. The molecule has 0 aliphatic carbocycles. The van der Waals surface area contributed by atoms with E-state index in [0.717, 1.165) is 12.5 Å². The number of likely N-dealkylation sites (N-methyl/N-ethyl adjacent to an activating group) is 1. The highest BCUT2D eigenvalue weighted by atomic mass is 32.1. The third kappa shape index (κ3) is 3.49. The summed E-state index contributed by atoms with van der Waals surface area (Å²) in [4.78, 5) is 37.5. The molecule has 1 aromatic rings. The summed E-state index contributed by atoms with van der Waals surface area (Å²) in [6.45, 7) is 0.565. The highest BCUT2D eigenvalue weighted by Gasteiger charge is 2.34. The Morgan fingerprint density at radius 2 is 2.19 bits per heavy atom. The number of nitrogens with zero attached hydrogens (tertiary/aromatic N) is 1. The second-order valence-corrected chi connectivity index (χ2v) is 5.76. The summed E-state index contributed by atoms with van der Waals surface area (Å²) in [5.41, 5.74) is 0. The number of hydrogen-bond acceptors (Lipinski definition) is 4. The molecule has 1 fully saturated rings. The number of likely N-dealkylation sites (tertiary alicyclic amines) is 1. The number of nitrogens with one attached hydrogen (secondary N) is 1. The molecule has 112 valence electrons. The van der Waals surface area contributed by atoms with Crippen molar-refractivity contribution < 1.29 is 19.5 Å². The zero-order valence-electron chi connectivity index (χ0n) is 11.5. The average Bonchev–Trinajstić information content (AvgIpc) is 3.12. The maximum absolute atomic E-state index is 12.4. The number of thiophene rings is 1. The van der Waals surface area contributed by atoms with Crippen LogP contribution < -0.4 is 5.32 Å². The molecule has 1 aromatic heterocycles. The van der Waals surface area contributed by atoms with Gasteiger partial charge in [-0.05, 0) is 31.1 Å². The van der Waals surface area contributed by atoms with E-state index in [4.69, 9.17) is 5.11 Å². The zero-order valence-corrected chi connectivity index (χ0v) is 12.4. The first-order valence-corrected chi connectivity index (χ1v) is 7.38. The van der Waals surface area contributed by atoms with Crippen molar-refractivity contribution >= 4 is 35.2 Å². The summed E-state index contributed by atoms with van der Waals surface area (Å²) in [7, 11) is 1.56. The lowest BCUT2D eigenvalue weighted by molar-refractivity contribution is -0.131. The molecule has 0 saturated carbocycles. The Morgan fingerprint density at radius 3 is 2.86 bits per heavy atom. The van der Waals surface area contributed by atoms with Gasteiger partial charge in [-0.15, -0.1) is 11.3 Å². The van der Waals surface area contributed by atoms with Crippen LogP contribution in [0.4, 0.5) is 0 Å². The minimum Gasteiger partial charge on any atom is -0.478 e. The van der Waals surface area contributed by atoms with Crippen molar-refractivity contribution in [2.75, 3.05) is 13.6 Å². The molecule has 1 atom stereocenters. The molecule has 0 radical (unpaired) electrons. The third-order valence-electron chi connectivity index (χ3n) is 3.29. The fourth-order valence-electron chi connectivity index (χ4n) is 2.30. The van der Waals surface area contributed by atoms with Gasteiger partial charge in [0.25, 0.3) is 5.91 Å². The fourth-order valence-corrected chi connectivity index (χ4v) is 3.17. The van der Waals surface area contributed by atoms with Gasteiger partial charge in [-0.2, -0.15) is 0 Å². The first kappa shape index (κ1) is 15.2. The summed E-state index contributed by atoms with van der Waals surface area (Å²) >= 11 is 1.22. The molecule has 0 bridgehead atoms. The van der Waals surface area contributed by atoms with E-state index in [1.807, 2.05) is 0 Å². The van der Waals surface area contributed by atoms with Gasteiger partial charge in [-0.25, -0.2) is 4.79 Å². The highest BCUT2D eigenvalue weighted by Crippen LogP contribution is 2.24. The minimum absolute atomic E-state index is 0.150. The van der Waals surface area contributed by atoms with Crippen molar-refractivity contribution in [1.29, 1.82) is 0 Å². The van der Waals surface area contributed by atoms with Gasteiger partial charge < -0.3 is 15.3 Å². The number of carbonyl (C=O) groups excluding carboxylic acids is 2. The first-order chi connectivity index (χ1) is 10.0. The molecule has 1 saturated heterocycles. The summed E-state index contributed by atoms with van der Waals surface area (Å²) in [6, 6.07) is 2.94. The Bertz CT molecular complexity index is 594. The maximum atomic E-state index is 12.4. The molecule has 6 nitrogen and oxygen atoms in total. The Labute approximate surface area is 126 Å². The predicted octanol–water partition coefficient (Wildman–Crippen LogP) is 1.20. The van der Waals surface area contributed by atoms with Gasteiger partial charge in [0, 0.05) is 24.5 Å². The van der Waals surface area contributed by atoms with Crippen LogP contribution in [0.2, 0.25) is 0 Å². The van der Waals surface area contributed by atoms with E-state index in [2.05, 4.69) is 5.32 Å². The van der Waals surface area contributed by atoms with E-state index < -0.39 is 12.0 Å². The van der Waals surface area contributed by atoms with Crippen LogP contribution >= 0.6 is 11.3 Å². The SMILES string of the molecule is CNC(=O)C1CCCN1C(=O)c1ccc(C=CC(=O)O)s1. The molecule has 0 aromatic carbocycles. The Balaban J connectivity index is 2.13. The number of rotatable bonds is 4. The molecule has 2 amide bonds. The predicted molar refractivity (Wildman–Crippen MR) is 79.1 cm³/mol. The number of carbonyl (C=O) groups is 3. The van der Waals surface area contributed by atoms with Crippen LogP contribution in [-0.2, 0) is 9.59 Å². The summed E-state index contributed by atoms with van der Waals surface area (Å²) < 4.78 is 0. The van der Waals surface area contributed by atoms with E-state index in [1.54, 1.807) is 24.1 Å². The largest absolute Gasteiger partial charge is 0.478 e. The molecule has 2 heterocycles. The van der Waals surface area contributed by atoms with Crippen molar-refractivity contribution in [3.63, 3.8) is 0 Å². The number of carboxylic acid groups (broad SMARTS) is 1. The number of amides is 2. The van der Waals surface area contributed by atoms with Gasteiger partial charge in [0.2, 0.25) is 5.91 Å².